The van der Waals surface area contributed by atoms with E-state index in [-0.39, 0.29) is 23.9 Å². The molecule has 0 spiro atoms. The van der Waals surface area contributed by atoms with Crippen molar-refractivity contribution in [2.45, 2.75) is 55.6 Å². The highest BCUT2D eigenvalue weighted by molar-refractivity contribution is 6.59. The van der Waals surface area contributed by atoms with E-state index in [0.29, 0.717) is 25.6 Å². The Morgan fingerprint density at radius 3 is 2.79 bits per heavy atom. The van der Waals surface area contributed by atoms with Crippen LogP contribution >= 0.6 is 23.2 Å². The lowest BCUT2D eigenvalue weighted by atomic mass is 9.76. The van der Waals surface area contributed by atoms with Crippen LogP contribution in [0.2, 0.25) is 0 Å². The van der Waals surface area contributed by atoms with E-state index in [2.05, 4.69) is 6.92 Å². The molecule has 108 valence electrons. The van der Waals surface area contributed by atoms with Crippen LogP contribution in [0.15, 0.2) is 0 Å². The van der Waals surface area contributed by atoms with Crippen LogP contribution in [0.1, 0.15) is 39.0 Å². The first-order chi connectivity index (χ1) is 8.99. The Morgan fingerprint density at radius 2 is 2.26 bits per heavy atom. The smallest absolute Gasteiger partial charge is 0.204 e. The Morgan fingerprint density at radius 1 is 1.53 bits per heavy atom. The number of carbonyl (C=O) groups is 1. The van der Waals surface area contributed by atoms with Gasteiger partial charge in [0.2, 0.25) is 5.78 Å². The normalized spacial score (nSPS) is 31.7. The molecule has 3 atom stereocenters. The van der Waals surface area contributed by atoms with Crippen molar-refractivity contribution in [3.8, 4) is 0 Å². The molecule has 3 aliphatic rings. The molecule has 0 aromatic heterocycles. The van der Waals surface area contributed by atoms with Crippen LogP contribution < -0.4 is 0 Å². The van der Waals surface area contributed by atoms with Gasteiger partial charge in [-0.05, 0) is 39.0 Å². The molecule has 3 nitrogen and oxygen atoms in total. The molecule has 3 rings (SSSR count). The summed E-state index contributed by atoms with van der Waals surface area (Å²) in [5.41, 5.74) is 0. The maximum absolute atomic E-state index is 12.4. The number of halogens is 2. The largest absolute Gasteiger partial charge is 0.376 e. The number of fused-ring (bicyclic) bond motifs is 3. The Labute approximate surface area is 124 Å². The van der Waals surface area contributed by atoms with Crippen molar-refractivity contribution in [2.75, 3.05) is 6.61 Å². The first-order valence-corrected chi connectivity index (χ1v) is 7.62. The molecule has 0 aromatic carbocycles. The van der Waals surface area contributed by atoms with Crippen molar-refractivity contribution >= 4 is 29.0 Å². The monoisotopic (exact) mass is 306 g/mol. The number of Topliss-reactive ketones (excluding diaryl/α,β-unsaturated/α-hetero) is 1. The summed E-state index contributed by atoms with van der Waals surface area (Å²) < 4.78 is 10.0. The molecule has 0 N–H and O–H groups in total. The summed E-state index contributed by atoms with van der Waals surface area (Å²) in [6.45, 7) is 6.32. The van der Waals surface area contributed by atoms with Gasteiger partial charge in [-0.3, -0.25) is 4.79 Å². The van der Waals surface area contributed by atoms with E-state index in [0.717, 1.165) is 19.3 Å². The third kappa shape index (κ3) is 3.26. The summed E-state index contributed by atoms with van der Waals surface area (Å²) in [7, 11) is 0. The van der Waals surface area contributed by atoms with Crippen LogP contribution in [-0.4, -0.2) is 28.9 Å². The maximum atomic E-state index is 12.4. The standard InChI is InChI=1S/C14H20Cl2O3/c1-3-7-14(15,16)13(17)12-9-5-6-10(19-12)11(8-9)18-4-2/h9-11H,1,3-8H2,2H3. The highest BCUT2D eigenvalue weighted by atomic mass is 35.5. The van der Waals surface area contributed by atoms with Gasteiger partial charge in [0.25, 0.3) is 0 Å². The molecule has 3 unspecified atom stereocenters. The third-order valence-corrected chi connectivity index (χ3v) is 4.53. The lowest BCUT2D eigenvalue weighted by Gasteiger charge is -2.46. The van der Waals surface area contributed by atoms with Crippen LogP contribution in [0.5, 0.6) is 0 Å². The molecule has 19 heavy (non-hydrogen) atoms. The van der Waals surface area contributed by atoms with E-state index in [9.17, 15) is 4.79 Å². The van der Waals surface area contributed by atoms with Crippen molar-refractivity contribution < 1.29 is 14.3 Å². The summed E-state index contributed by atoms with van der Waals surface area (Å²) in [5.74, 6) is -0.195. The number of ketones is 1. The van der Waals surface area contributed by atoms with Gasteiger partial charge in [0, 0.05) is 12.5 Å². The molecule has 2 saturated heterocycles. The molecule has 2 heterocycles. The van der Waals surface area contributed by atoms with Gasteiger partial charge in [-0.25, -0.2) is 0 Å². The minimum absolute atomic E-state index is 0.0345. The highest BCUT2D eigenvalue weighted by Crippen LogP contribution is 2.46. The van der Waals surface area contributed by atoms with Gasteiger partial charge in [-0.1, -0.05) is 30.1 Å². The van der Waals surface area contributed by atoms with Crippen molar-refractivity contribution in [3.05, 3.63) is 13.0 Å². The quantitative estimate of drug-likeness (QED) is 0.705. The van der Waals surface area contributed by atoms with Crippen molar-refractivity contribution in [2.24, 2.45) is 5.92 Å². The lowest BCUT2D eigenvalue weighted by molar-refractivity contribution is -0.163. The summed E-state index contributed by atoms with van der Waals surface area (Å²) >= 11 is 12.2. The Hall–Kier alpha value is 0.170. The van der Waals surface area contributed by atoms with Crippen LogP contribution in [-0.2, 0) is 14.3 Å². The Balaban J connectivity index is 2.03. The number of carbonyl (C=O) groups excluding carboxylic acids is 1. The van der Waals surface area contributed by atoms with E-state index >= 15 is 0 Å². The second kappa shape index (κ2) is 6.30. The van der Waals surface area contributed by atoms with Crippen LogP contribution in [0.3, 0.4) is 0 Å². The number of alkyl halides is 2. The minimum atomic E-state index is -1.41. The van der Waals surface area contributed by atoms with E-state index in [4.69, 9.17) is 32.7 Å². The first-order valence-electron chi connectivity index (χ1n) is 6.86. The fourth-order valence-electron chi connectivity index (χ4n) is 2.88. The molecule has 1 aliphatic carbocycles. The second-order valence-corrected chi connectivity index (χ2v) is 6.65. The molecular formula is C14H20Cl2O3. The number of hydrogen-bond acceptors (Lipinski definition) is 3. The van der Waals surface area contributed by atoms with E-state index < -0.39 is 4.33 Å². The average Bonchev–Trinajstić information content (AvgIpc) is 2.39. The lowest BCUT2D eigenvalue weighted by Crippen LogP contribution is -2.51. The van der Waals surface area contributed by atoms with Crippen molar-refractivity contribution in [3.63, 3.8) is 0 Å². The van der Waals surface area contributed by atoms with E-state index in [1.807, 2.05) is 6.92 Å². The molecule has 3 fully saturated rings. The molecule has 5 heteroatoms. The third-order valence-electron chi connectivity index (χ3n) is 3.81. The summed E-state index contributed by atoms with van der Waals surface area (Å²) in [6.07, 6.45) is 4.07. The number of rotatable bonds is 6. The molecule has 1 saturated carbocycles. The molecule has 0 aromatic rings. The van der Waals surface area contributed by atoms with Gasteiger partial charge in [0.15, 0.2) is 10.4 Å². The second-order valence-electron chi connectivity index (χ2n) is 5.16. The Kier molecular flexibility index (Phi) is 5.15. The van der Waals surface area contributed by atoms with Crippen LogP contribution in [0.4, 0.5) is 0 Å². The van der Waals surface area contributed by atoms with Crippen LogP contribution in [0, 0.1) is 18.9 Å². The van der Waals surface area contributed by atoms with E-state index in [1.165, 1.54) is 0 Å². The molecule has 2 bridgehead atoms. The summed E-state index contributed by atoms with van der Waals surface area (Å²) in [4.78, 5) is 12.4. The fraction of sp³-hybridized carbons (Fsp3) is 0.786. The van der Waals surface area contributed by atoms with Crippen molar-refractivity contribution in [1.29, 1.82) is 0 Å². The SMILES string of the molecule is [CH2]CCC(Cl)(Cl)C(=O)[C]1OC2CCC1CC2OCC. The van der Waals surface area contributed by atoms with Crippen LogP contribution in [0.25, 0.3) is 0 Å². The minimum Gasteiger partial charge on any atom is -0.376 e. The number of ether oxygens (including phenoxy) is 2. The van der Waals surface area contributed by atoms with Gasteiger partial charge in [0.1, 0.15) is 0 Å². The maximum Gasteiger partial charge on any atom is 0.204 e. The highest BCUT2D eigenvalue weighted by Gasteiger charge is 2.51. The fourth-order valence-corrected chi connectivity index (χ4v) is 3.33. The average molecular weight is 307 g/mol. The summed E-state index contributed by atoms with van der Waals surface area (Å²) in [6, 6.07) is 0. The zero-order valence-corrected chi connectivity index (χ0v) is 12.7. The van der Waals surface area contributed by atoms with Gasteiger partial charge >= 0.3 is 0 Å². The predicted molar refractivity (Wildman–Crippen MR) is 74.9 cm³/mol. The zero-order valence-electron chi connectivity index (χ0n) is 11.2. The predicted octanol–water partition coefficient (Wildman–Crippen LogP) is 3.48. The van der Waals surface area contributed by atoms with Gasteiger partial charge < -0.3 is 9.47 Å². The summed E-state index contributed by atoms with van der Waals surface area (Å²) in [5, 5.41) is 0. The number of hydrogen-bond donors (Lipinski definition) is 0. The molecule has 2 aliphatic heterocycles. The van der Waals surface area contributed by atoms with Gasteiger partial charge in [-0.15, -0.1) is 0 Å². The van der Waals surface area contributed by atoms with E-state index in [1.54, 1.807) is 0 Å². The van der Waals surface area contributed by atoms with Gasteiger partial charge in [-0.2, -0.15) is 0 Å². The van der Waals surface area contributed by atoms with Gasteiger partial charge in [0.05, 0.1) is 12.2 Å². The Bertz CT molecular complexity index is 333. The first kappa shape index (κ1) is 15.6. The molecule has 2 radical (unpaired) electrons. The van der Waals surface area contributed by atoms with Crippen molar-refractivity contribution in [1.82, 2.24) is 0 Å². The topological polar surface area (TPSA) is 35.5 Å². The molecule has 0 amide bonds. The molecular weight excluding hydrogens is 287 g/mol. The zero-order chi connectivity index (χ0) is 14.0.